The molecule has 0 aliphatic carbocycles. The maximum Gasteiger partial charge on any atom is 0.282 e. The Morgan fingerprint density at radius 1 is 1.22 bits per heavy atom. The van der Waals surface area contributed by atoms with Gasteiger partial charge in [0.25, 0.3) is 11.6 Å². The van der Waals surface area contributed by atoms with Crippen LogP contribution >= 0.6 is 11.6 Å². The molecule has 27 heavy (non-hydrogen) atoms. The van der Waals surface area contributed by atoms with E-state index in [1.165, 1.54) is 26.4 Å². The highest BCUT2D eigenvalue weighted by Crippen LogP contribution is 2.33. The number of amides is 1. The number of rotatable bonds is 8. The van der Waals surface area contributed by atoms with Crippen LogP contribution in [0.4, 0.5) is 5.69 Å². The molecule has 142 valence electrons. The fourth-order valence-electron chi connectivity index (χ4n) is 2.03. The standard InChI is InChI=1S/C17H16ClN3O6/c1-25-15-7-11(14(21(23)24)8-16(15)26-2)9-19-20-17(22)10-27-13-5-3-12(18)4-6-13/h3-9H,10H2,1-2H3,(H,20,22). The zero-order valence-electron chi connectivity index (χ0n) is 14.5. The lowest BCUT2D eigenvalue weighted by Crippen LogP contribution is -2.24. The van der Waals surface area contributed by atoms with Crippen molar-refractivity contribution in [2.24, 2.45) is 5.10 Å². The molecule has 0 saturated heterocycles. The van der Waals surface area contributed by atoms with Gasteiger partial charge in [-0.3, -0.25) is 14.9 Å². The molecule has 2 rings (SSSR count). The molecule has 0 spiro atoms. The number of nitro benzene ring substituents is 1. The van der Waals surface area contributed by atoms with Gasteiger partial charge in [-0.2, -0.15) is 5.10 Å². The largest absolute Gasteiger partial charge is 0.493 e. The first-order valence-electron chi connectivity index (χ1n) is 7.55. The first kappa shape index (κ1) is 20.0. The minimum absolute atomic E-state index is 0.136. The third kappa shape index (κ3) is 5.58. The highest BCUT2D eigenvalue weighted by Gasteiger charge is 2.18. The number of benzene rings is 2. The van der Waals surface area contributed by atoms with E-state index in [9.17, 15) is 14.9 Å². The number of ether oxygens (including phenoxy) is 3. The molecule has 2 aromatic rings. The molecular weight excluding hydrogens is 378 g/mol. The lowest BCUT2D eigenvalue weighted by molar-refractivity contribution is -0.385. The van der Waals surface area contributed by atoms with Crippen molar-refractivity contribution in [3.8, 4) is 17.2 Å². The summed E-state index contributed by atoms with van der Waals surface area (Å²) >= 11 is 5.76. The van der Waals surface area contributed by atoms with E-state index in [2.05, 4.69) is 10.5 Å². The van der Waals surface area contributed by atoms with Crippen LogP contribution in [0.1, 0.15) is 5.56 Å². The van der Waals surface area contributed by atoms with Crippen molar-refractivity contribution in [1.82, 2.24) is 5.43 Å². The van der Waals surface area contributed by atoms with Crippen LogP contribution in [0.2, 0.25) is 5.02 Å². The SMILES string of the molecule is COc1cc(C=NNC(=O)COc2ccc(Cl)cc2)c([N+](=O)[O-])cc1OC. The first-order valence-corrected chi connectivity index (χ1v) is 7.93. The van der Waals surface area contributed by atoms with Gasteiger partial charge in [0, 0.05) is 5.02 Å². The van der Waals surface area contributed by atoms with Crippen LogP contribution in [0.25, 0.3) is 0 Å². The summed E-state index contributed by atoms with van der Waals surface area (Å²) in [5, 5.41) is 15.5. The van der Waals surface area contributed by atoms with Crippen LogP contribution in [-0.2, 0) is 4.79 Å². The zero-order valence-corrected chi connectivity index (χ0v) is 15.2. The maximum absolute atomic E-state index is 11.8. The molecule has 0 fully saturated rings. The van der Waals surface area contributed by atoms with Gasteiger partial charge in [0.1, 0.15) is 5.75 Å². The van der Waals surface area contributed by atoms with Gasteiger partial charge in [-0.25, -0.2) is 5.43 Å². The number of nitrogens with one attached hydrogen (secondary N) is 1. The minimum Gasteiger partial charge on any atom is -0.493 e. The van der Waals surface area contributed by atoms with Crippen molar-refractivity contribution < 1.29 is 23.9 Å². The Balaban J connectivity index is 2.02. The van der Waals surface area contributed by atoms with Gasteiger partial charge in [-0.1, -0.05) is 11.6 Å². The quantitative estimate of drug-likeness (QED) is 0.419. The average Bonchev–Trinajstić information content (AvgIpc) is 2.66. The van der Waals surface area contributed by atoms with E-state index in [4.69, 9.17) is 25.8 Å². The molecule has 0 bridgehead atoms. The Bertz CT molecular complexity index is 854. The molecule has 0 heterocycles. The smallest absolute Gasteiger partial charge is 0.282 e. The normalized spacial score (nSPS) is 10.5. The van der Waals surface area contributed by atoms with Crippen molar-refractivity contribution in [3.63, 3.8) is 0 Å². The molecular formula is C17H16ClN3O6. The summed E-state index contributed by atoms with van der Waals surface area (Å²) in [6.07, 6.45) is 1.14. The Morgan fingerprint density at radius 3 is 2.44 bits per heavy atom. The third-order valence-corrected chi connectivity index (χ3v) is 3.56. The predicted molar refractivity (Wildman–Crippen MR) is 98.9 cm³/mol. The fourth-order valence-corrected chi connectivity index (χ4v) is 2.16. The Kier molecular flexibility index (Phi) is 6.95. The summed E-state index contributed by atoms with van der Waals surface area (Å²) in [6, 6.07) is 9.09. The molecule has 0 aromatic heterocycles. The molecule has 0 saturated carbocycles. The molecule has 2 aromatic carbocycles. The topological polar surface area (TPSA) is 112 Å². The van der Waals surface area contributed by atoms with Crippen LogP contribution in [-0.4, -0.2) is 37.9 Å². The summed E-state index contributed by atoms with van der Waals surface area (Å²) in [4.78, 5) is 22.4. The number of nitrogens with zero attached hydrogens (tertiary/aromatic N) is 2. The molecule has 9 nitrogen and oxygen atoms in total. The summed E-state index contributed by atoms with van der Waals surface area (Å²) in [5.41, 5.74) is 2.12. The molecule has 10 heteroatoms. The zero-order chi connectivity index (χ0) is 19.8. The number of halogens is 1. The maximum atomic E-state index is 11.8. The van der Waals surface area contributed by atoms with Gasteiger partial charge >= 0.3 is 0 Å². The van der Waals surface area contributed by atoms with Crippen LogP contribution < -0.4 is 19.6 Å². The highest BCUT2D eigenvalue weighted by molar-refractivity contribution is 6.30. The second-order valence-corrected chi connectivity index (χ2v) is 5.50. The predicted octanol–water partition coefficient (Wildman–Crippen LogP) is 2.79. The van der Waals surface area contributed by atoms with E-state index in [0.29, 0.717) is 16.5 Å². The second kappa shape index (κ2) is 9.39. The Hall–Kier alpha value is -3.33. The number of hydrazone groups is 1. The summed E-state index contributed by atoms with van der Waals surface area (Å²) in [5.74, 6) is 0.432. The van der Waals surface area contributed by atoms with Gasteiger partial charge in [0.15, 0.2) is 18.1 Å². The molecule has 1 N–H and O–H groups in total. The van der Waals surface area contributed by atoms with Crippen molar-refractivity contribution in [2.75, 3.05) is 20.8 Å². The number of carbonyl (C=O) groups is 1. The van der Waals surface area contributed by atoms with Crippen molar-refractivity contribution in [3.05, 3.63) is 57.1 Å². The average molecular weight is 394 g/mol. The number of hydrogen-bond donors (Lipinski definition) is 1. The van der Waals surface area contributed by atoms with Crippen LogP contribution in [0.15, 0.2) is 41.5 Å². The van der Waals surface area contributed by atoms with Gasteiger partial charge in [-0.05, 0) is 30.3 Å². The van der Waals surface area contributed by atoms with E-state index in [0.717, 1.165) is 6.21 Å². The number of methoxy groups -OCH3 is 2. The van der Waals surface area contributed by atoms with Crippen LogP contribution in [0.3, 0.4) is 0 Å². The van der Waals surface area contributed by atoms with Gasteiger partial charge < -0.3 is 14.2 Å². The molecule has 0 aliphatic rings. The lowest BCUT2D eigenvalue weighted by Gasteiger charge is -2.08. The molecule has 0 atom stereocenters. The number of nitro groups is 1. The Morgan fingerprint density at radius 2 is 1.85 bits per heavy atom. The number of hydrogen-bond acceptors (Lipinski definition) is 7. The monoisotopic (exact) mass is 393 g/mol. The van der Waals surface area contributed by atoms with E-state index in [-0.39, 0.29) is 23.6 Å². The first-order chi connectivity index (χ1) is 12.9. The lowest BCUT2D eigenvalue weighted by atomic mass is 10.1. The van der Waals surface area contributed by atoms with Crippen molar-refractivity contribution >= 4 is 29.4 Å². The summed E-state index contributed by atoms with van der Waals surface area (Å²) in [7, 11) is 2.77. The summed E-state index contributed by atoms with van der Waals surface area (Å²) < 4.78 is 15.4. The van der Waals surface area contributed by atoms with E-state index >= 15 is 0 Å². The van der Waals surface area contributed by atoms with Crippen molar-refractivity contribution in [1.29, 1.82) is 0 Å². The molecule has 0 unspecified atom stereocenters. The highest BCUT2D eigenvalue weighted by atomic mass is 35.5. The van der Waals surface area contributed by atoms with Crippen LogP contribution in [0, 0.1) is 10.1 Å². The van der Waals surface area contributed by atoms with E-state index in [1.807, 2.05) is 0 Å². The molecule has 1 amide bonds. The van der Waals surface area contributed by atoms with Gasteiger partial charge in [0.05, 0.1) is 37.0 Å². The third-order valence-electron chi connectivity index (χ3n) is 3.31. The minimum atomic E-state index is -0.589. The fraction of sp³-hybridized carbons (Fsp3) is 0.176. The summed E-state index contributed by atoms with van der Waals surface area (Å²) in [6.45, 7) is -0.285. The van der Waals surface area contributed by atoms with Gasteiger partial charge in [-0.15, -0.1) is 0 Å². The van der Waals surface area contributed by atoms with E-state index in [1.54, 1.807) is 24.3 Å². The molecule has 0 radical (unpaired) electrons. The Labute approximate surface area is 159 Å². The number of carbonyl (C=O) groups excluding carboxylic acids is 1. The van der Waals surface area contributed by atoms with Crippen LogP contribution in [0.5, 0.6) is 17.2 Å². The van der Waals surface area contributed by atoms with Gasteiger partial charge in [0.2, 0.25) is 0 Å². The van der Waals surface area contributed by atoms with Crippen molar-refractivity contribution in [2.45, 2.75) is 0 Å². The molecule has 0 aliphatic heterocycles. The van der Waals surface area contributed by atoms with E-state index < -0.39 is 10.8 Å². The second-order valence-electron chi connectivity index (χ2n) is 5.06.